The van der Waals surface area contributed by atoms with Gasteiger partial charge in [-0.1, -0.05) is 28.9 Å². The van der Waals surface area contributed by atoms with Crippen LogP contribution in [-0.4, -0.2) is 49.2 Å². The number of halogens is 2. The highest BCUT2D eigenvalue weighted by molar-refractivity contribution is 6.30. The number of hydrogen-bond acceptors (Lipinski definition) is 6. The van der Waals surface area contributed by atoms with Crippen molar-refractivity contribution in [2.75, 3.05) is 7.11 Å². The number of aliphatic hydroxyl groups is 3. The van der Waals surface area contributed by atoms with Crippen LogP contribution in [0, 0.1) is 5.92 Å². The van der Waals surface area contributed by atoms with Crippen molar-refractivity contribution < 1.29 is 20.2 Å². The smallest absolute Gasteiger partial charge is 0.203 e. The summed E-state index contributed by atoms with van der Waals surface area (Å²) in [6, 6.07) is 8.23. The summed E-state index contributed by atoms with van der Waals surface area (Å²) >= 11 is 5.91. The predicted octanol–water partition coefficient (Wildman–Crippen LogP) is 1.92. The number of benzene rings is 1. The quantitative estimate of drug-likeness (QED) is 0.462. The molecule has 0 saturated heterocycles. The van der Waals surface area contributed by atoms with Gasteiger partial charge >= 0.3 is 0 Å². The van der Waals surface area contributed by atoms with Crippen LogP contribution in [0.2, 0.25) is 5.02 Å². The van der Waals surface area contributed by atoms with Gasteiger partial charge in [0.1, 0.15) is 18.9 Å². The van der Waals surface area contributed by atoms with Crippen LogP contribution in [0.25, 0.3) is 11.0 Å². The zero-order valence-corrected chi connectivity index (χ0v) is 17.1. The van der Waals surface area contributed by atoms with E-state index in [0.717, 1.165) is 5.39 Å². The second-order valence-electron chi connectivity index (χ2n) is 6.93. The highest BCUT2D eigenvalue weighted by Crippen LogP contribution is 2.42. The molecule has 4 N–H and O–H groups in total. The summed E-state index contributed by atoms with van der Waals surface area (Å²) in [6.07, 6.45) is 0.662. The number of aromatic amines is 1. The molecule has 156 valence electrons. The molecule has 3 aromatic rings. The van der Waals surface area contributed by atoms with Crippen molar-refractivity contribution in [2.24, 2.45) is 11.1 Å². The van der Waals surface area contributed by atoms with Crippen LogP contribution in [0.5, 0.6) is 0 Å². The summed E-state index contributed by atoms with van der Waals surface area (Å²) in [5.74, 6) is -0.524. The number of hydrogen-bond donors (Lipinski definition) is 4. The van der Waals surface area contributed by atoms with Gasteiger partial charge in [0.15, 0.2) is 0 Å². The van der Waals surface area contributed by atoms with Crippen molar-refractivity contribution in [2.45, 2.75) is 30.8 Å². The van der Waals surface area contributed by atoms with Gasteiger partial charge in [-0.2, -0.15) is 0 Å². The molecule has 1 aromatic carbocycles. The second kappa shape index (κ2) is 8.73. The van der Waals surface area contributed by atoms with Gasteiger partial charge in [-0.25, -0.2) is 4.98 Å². The van der Waals surface area contributed by atoms with E-state index in [2.05, 4.69) is 15.1 Å². The van der Waals surface area contributed by atoms with Crippen molar-refractivity contribution in [1.82, 2.24) is 14.5 Å². The van der Waals surface area contributed by atoms with Gasteiger partial charge in [-0.05, 0) is 30.2 Å². The number of aliphatic hydroxyl groups excluding tert-OH is 3. The lowest BCUT2D eigenvalue weighted by Crippen LogP contribution is -2.31. The molecule has 0 amide bonds. The minimum absolute atomic E-state index is 0. The van der Waals surface area contributed by atoms with Gasteiger partial charge < -0.3 is 29.7 Å². The molecular formula is C19H22Cl2N4O4. The van der Waals surface area contributed by atoms with Gasteiger partial charge in [0, 0.05) is 17.1 Å². The summed E-state index contributed by atoms with van der Waals surface area (Å²) in [6.45, 7) is 0. The molecule has 0 aliphatic heterocycles. The molecule has 29 heavy (non-hydrogen) atoms. The Morgan fingerprint density at radius 1 is 1.24 bits per heavy atom. The van der Waals surface area contributed by atoms with Crippen LogP contribution in [-0.2, 0) is 4.84 Å². The van der Waals surface area contributed by atoms with E-state index in [4.69, 9.17) is 16.4 Å². The largest absolute Gasteiger partial charge is 0.397 e. The standard InChI is InChI=1S/C19H21ClN4O4.ClH/c1-28-23-18-12-6-7-24(19(12)22-9-21-18)14-8-13(16(26)17(14)27)15(25)10-2-4-11(20)5-3-10;/h2-7,9,13-17,25-27H,8H2,1H3,(H,21,22,23);1H/t13-,14-,15-,16-,17+;/m1./s1. The Labute approximate surface area is 177 Å². The number of nitrogens with one attached hydrogen (secondary N) is 1. The fourth-order valence-electron chi connectivity index (χ4n) is 3.98. The van der Waals surface area contributed by atoms with E-state index in [-0.39, 0.29) is 12.4 Å². The Morgan fingerprint density at radius 2 is 1.97 bits per heavy atom. The highest BCUT2D eigenvalue weighted by Gasteiger charge is 2.46. The molecule has 4 rings (SSSR count). The fourth-order valence-corrected chi connectivity index (χ4v) is 4.11. The molecule has 5 atom stereocenters. The first-order valence-corrected chi connectivity index (χ1v) is 9.30. The van der Waals surface area contributed by atoms with Crippen molar-refractivity contribution in [1.29, 1.82) is 0 Å². The molecule has 1 fully saturated rings. The molecule has 0 unspecified atom stereocenters. The van der Waals surface area contributed by atoms with Crippen LogP contribution in [0.3, 0.4) is 0 Å². The van der Waals surface area contributed by atoms with Crippen LogP contribution < -0.4 is 5.49 Å². The van der Waals surface area contributed by atoms with Crippen LogP contribution >= 0.6 is 24.0 Å². The minimum Gasteiger partial charge on any atom is -0.397 e. The van der Waals surface area contributed by atoms with E-state index in [1.165, 1.54) is 13.4 Å². The summed E-state index contributed by atoms with van der Waals surface area (Å²) < 4.78 is 1.84. The molecule has 1 aliphatic rings. The fraction of sp³-hybridized carbons (Fsp3) is 0.368. The third-order valence-corrected chi connectivity index (χ3v) is 5.64. The van der Waals surface area contributed by atoms with Gasteiger partial charge in [-0.3, -0.25) is 0 Å². The minimum atomic E-state index is -1.07. The number of aromatic nitrogens is 3. The van der Waals surface area contributed by atoms with Crippen LogP contribution in [0.1, 0.15) is 24.1 Å². The lowest BCUT2D eigenvalue weighted by Gasteiger charge is -2.22. The zero-order valence-electron chi connectivity index (χ0n) is 15.5. The third-order valence-electron chi connectivity index (χ3n) is 5.39. The van der Waals surface area contributed by atoms with Crippen molar-refractivity contribution in [3.8, 4) is 0 Å². The van der Waals surface area contributed by atoms with E-state index in [1.807, 2.05) is 10.6 Å². The van der Waals surface area contributed by atoms with E-state index >= 15 is 0 Å². The Kier molecular flexibility index (Phi) is 6.50. The second-order valence-corrected chi connectivity index (χ2v) is 7.37. The highest BCUT2D eigenvalue weighted by atomic mass is 35.5. The van der Waals surface area contributed by atoms with Gasteiger partial charge in [-0.15, -0.1) is 12.4 Å². The molecule has 2 aromatic heterocycles. The molecule has 0 bridgehead atoms. The maximum Gasteiger partial charge on any atom is 0.203 e. The third kappa shape index (κ3) is 3.86. The molecule has 2 heterocycles. The molecule has 0 spiro atoms. The number of nitrogens with zero attached hydrogens (tertiary/aromatic N) is 3. The maximum atomic E-state index is 10.8. The zero-order chi connectivity index (χ0) is 19.8. The Bertz CT molecular complexity index is 1040. The maximum absolute atomic E-state index is 10.8. The van der Waals surface area contributed by atoms with Gasteiger partial charge in [0.25, 0.3) is 0 Å². The SMILES string of the molecule is CO/N=c1\nc[nH]c2c1ccn2[C@@H]1C[C@H]([C@H](O)c2ccc(Cl)cc2)[C@@H](O)[C@H]1O.Cl. The van der Waals surface area contributed by atoms with E-state index in [0.29, 0.717) is 28.1 Å². The lowest BCUT2D eigenvalue weighted by molar-refractivity contribution is -0.0264. The number of fused-ring (bicyclic) bond motifs is 1. The number of H-pyrrole nitrogens is 1. The summed E-state index contributed by atoms with van der Waals surface area (Å²) in [5.41, 5.74) is 1.76. The number of rotatable bonds is 4. The first-order chi connectivity index (χ1) is 13.5. The molecule has 1 saturated carbocycles. The van der Waals surface area contributed by atoms with Crippen LogP contribution in [0.4, 0.5) is 0 Å². The lowest BCUT2D eigenvalue weighted by atomic mass is 9.92. The predicted molar refractivity (Wildman–Crippen MR) is 109 cm³/mol. The monoisotopic (exact) mass is 440 g/mol. The van der Waals surface area contributed by atoms with E-state index in [9.17, 15) is 15.3 Å². The summed E-state index contributed by atoms with van der Waals surface area (Å²) in [4.78, 5) is 12.0. The van der Waals surface area contributed by atoms with Gasteiger partial charge in [0.2, 0.25) is 5.49 Å². The average molecular weight is 441 g/mol. The Balaban J connectivity index is 0.00000240. The molecular weight excluding hydrogens is 419 g/mol. The Morgan fingerprint density at radius 3 is 2.66 bits per heavy atom. The topological polar surface area (TPSA) is 116 Å². The molecule has 0 radical (unpaired) electrons. The molecule has 10 heteroatoms. The Hall–Kier alpha value is -2.10. The summed E-state index contributed by atoms with van der Waals surface area (Å²) in [7, 11) is 1.45. The average Bonchev–Trinajstić information content (AvgIpc) is 3.25. The van der Waals surface area contributed by atoms with Crippen molar-refractivity contribution in [3.05, 3.63) is 58.9 Å². The first kappa shape index (κ1) is 21.6. The molecule has 1 aliphatic carbocycles. The van der Waals surface area contributed by atoms with E-state index < -0.39 is 30.3 Å². The summed E-state index contributed by atoms with van der Waals surface area (Å²) in [5, 5.41) is 37.3. The molecule has 8 nitrogen and oxygen atoms in total. The normalized spacial score (nSPS) is 25.8. The van der Waals surface area contributed by atoms with Crippen molar-refractivity contribution in [3.63, 3.8) is 0 Å². The van der Waals surface area contributed by atoms with E-state index in [1.54, 1.807) is 30.5 Å². The van der Waals surface area contributed by atoms with Crippen molar-refractivity contribution >= 4 is 35.0 Å². The van der Waals surface area contributed by atoms with Gasteiger partial charge in [0.05, 0.1) is 30.0 Å². The first-order valence-electron chi connectivity index (χ1n) is 8.92. The van der Waals surface area contributed by atoms with Crippen LogP contribution in [0.15, 0.2) is 48.0 Å².